The Labute approximate surface area is 113 Å². The molecule has 1 amide bonds. The van der Waals surface area contributed by atoms with Gasteiger partial charge in [-0.1, -0.05) is 77.6 Å². The number of hydrogen-bond donors (Lipinski definition) is 1. The molecule has 0 radical (unpaired) electrons. The molecule has 0 aromatic heterocycles. The topological polar surface area (TPSA) is 38.3 Å². The van der Waals surface area contributed by atoms with Gasteiger partial charge in [-0.2, -0.15) is 0 Å². The van der Waals surface area contributed by atoms with Crippen LogP contribution in [0.25, 0.3) is 0 Å². The van der Waals surface area contributed by atoms with Gasteiger partial charge in [0.05, 0.1) is 6.61 Å². The van der Waals surface area contributed by atoms with E-state index in [1.807, 2.05) is 0 Å². The number of hydrogen-bond acceptors (Lipinski definition) is 2. The first-order chi connectivity index (χ1) is 8.91. The van der Waals surface area contributed by atoms with Crippen molar-refractivity contribution in [3.63, 3.8) is 0 Å². The lowest BCUT2D eigenvalue weighted by molar-refractivity contribution is -0.120. The normalized spacial score (nSPS) is 10.5. The van der Waals surface area contributed by atoms with Crippen LogP contribution in [0.3, 0.4) is 0 Å². The fourth-order valence-electron chi connectivity index (χ4n) is 2.11. The van der Waals surface area contributed by atoms with Gasteiger partial charge in [0.25, 0.3) is 0 Å². The molecule has 0 rings (SSSR count). The highest BCUT2D eigenvalue weighted by atomic mass is 16.6. The monoisotopic (exact) mass is 257 g/mol. The van der Waals surface area contributed by atoms with Crippen LogP contribution in [0.5, 0.6) is 0 Å². The van der Waals surface area contributed by atoms with Crippen LogP contribution < -0.4 is 5.48 Å². The van der Waals surface area contributed by atoms with E-state index in [4.69, 9.17) is 4.84 Å². The summed E-state index contributed by atoms with van der Waals surface area (Å²) in [5.41, 5.74) is 2.21. The second-order valence-corrected chi connectivity index (χ2v) is 4.97. The number of carbonyl (C=O) groups is 1. The summed E-state index contributed by atoms with van der Waals surface area (Å²) in [5.74, 6) is 0. The molecule has 0 atom stereocenters. The molecule has 0 unspecified atom stereocenters. The molecule has 0 spiro atoms. The predicted octanol–water partition coefficient (Wildman–Crippen LogP) is 4.37. The quantitative estimate of drug-likeness (QED) is 0.269. The summed E-state index contributed by atoms with van der Waals surface area (Å²) in [5, 5.41) is 0. The SMILES string of the molecule is CCCCCCCCCCCCCCONC=O. The Morgan fingerprint density at radius 1 is 0.778 bits per heavy atom. The van der Waals surface area contributed by atoms with Crippen molar-refractivity contribution < 1.29 is 9.63 Å². The number of nitrogens with one attached hydrogen (secondary N) is 1. The third kappa shape index (κ3) is 15.4. The minimum atomic E-state index is 0.570. The van der Waals surface area contributed by atoms with Crippen LogP contribution in [-0.2, 0) is 9.63 Å². The van der Waals surface area contributed by atoms with Crippen molar-refractivity contribution in [2.24, 2.45) is 0 Å². The number of carbonyl (C=O) groups excluding carboxylic acids is 1. The maximum Gasteiger partial charge on any atom is 0.230 e. The predicted molar refractivity (Wildman–Crippen MR) is 76.2 cm³/mol. The first-order valence-electron chi connectivity index (χ1n) is 7.72. The molecule has 0 aliphatic rings. The van der Waals surface area contributed by atoms with Gasteiger partial charge in [-0.25, -0.2) is 5.48 Å². The van der Waals surface area contributed by atoms with E-state index in [0.717, 1.165) is 6.42 Å². The molecule has 0 aliphatic carbocycles. The Balaban J connectivity index is 2.88. The van der Waals surface area contributed by atoms with E-state index in [1.165, 1.54) is 70.6 Å². The van der Waals surface area contributed by atoms with Gasteiger partial charge >= 0.3 is 0 Å². The highest BCUT2D eigenvalue weighted by Gasteiger charge is 1.93. The summed E-state index contributed by atoms with van der Waals surface area (Å²) in [6.45, 7) is 2.90. The largest absolute Gasteiger partial charge is 0.277 e. The van der Waals surface area contributed by atoms with Gasteiger partial charge in [-0.3, -0.25) is 9.63 Å². The smallest absolute Gasteiger partial charge is 0.230 e. The summed E-state index contributed by atoms with van der Waals surface area (Å²) in [6.07, 6.45) is 16.6. The van der Waals surface area contributed by atoms with E-state index in [2.05, 4.69) is 12.4 Å². The van der Waals surface area contributed by atoms with Crippen molar-refractivity contribution in [3.8, 4) is 0 Å². The lowest BCUT2D eigenvalue weighted by Gasteiger charge is -2.03. The third-order valence-electron chi connectivity index (χ3n) is 3.23. The molecule has 1 N–H and O–H groups in total. The molecule has 108 valence electrons. The maximum absolute atomic E-state index is 9.89. The zero-order valence-electron chi connectivity index (χ0n) is 12.1. The molecule has 0 bridgehead atoms. The van der Waals surface area contributed by atoms with E-state index in [0.29, 0.717) is 13.0 Å². The highest BCUT2D eigenvalue weighted by Crippen LogP contribution is 2.11. The van der Waals surface area contributed by atoms with Gasteiger partial charge in [0.1, 0.15) is 0 Å². The standard InChI is InChI=1S/C15H31NO2/c1-2-3-4-5-6-7-8-9-10-11-12-13-14-18-16-15-17/h15H,2-14H2,1H3,(H,16,17). The first-order valence-corrected chi connectivity index (χ1v) is 7.72. The van der Waals surface area contributed by atoms with Crippen LogP contribution in [0.1, 0.15) is 84.0 Å². The van der Waals surface area contributed by atoms with Crippen LogP contribution in [0.2, 0.25) is 0 Å². The molecule has 0 heterocycles. The molecule has 3 heteroatoms. The first kappa shape index (κ1) is 17.4. The summed E-state index contributed by atoms with van der Waals surface area (Å²) in [7, 11) is 0. The van der Waals surface area contributed by atoms with Crippen molar-refractivity contribution in [2.45, 2.75) is 84.0 Å². The number of unbranched alkanes of at least 4 members (excludes halogenated alkanes) is 11. The Bertz CT molecular complexity index is 163. The number of rotatable bonds is 15. The van der Waals surface area contributed by atoms with Crippen molar-refractivity contribution in [1.29, 1.82) is 0 Å². The average molecular weight is 257 g/mol. The molecule has 0 aromatic rings. The fourth-order valence-corrected chi connectivity index (χ4v) is 2.11. The summed E-state index contributed by atoms with van der Waals surface area (Å²) < 4.78 is 0. The zero-order valence-corrected chi connectivity index (χ0v) is 12.1. The lowest BCUT2D eigenvalue weighted by Crippen LogP contribution is -2.12. The van der Waals surface area contributed by atoms with Crippen molar-refractivity contribution in [2.75, 3.05) is 6.61 Å². The molecule has 3 nitrogen and oxygen atoms in total. The second-order valence-electron chi connectivity index (χ2n) is 4.97. The van der Waals surface area contributed by atoms with Crippen LogP contribution in [-0.4, -0.2) is 13.0 Å². The maximum atomic E-state index is 9.89. The minimum absolute atomic E-state index is 0.570. The highest BCUT2D eigenvalue weighted by molar-refractivity contribution is 5.43. The van der Waals surface area contributed by atoms with Crippen molar-refractivity contribution >= 4 is 6.41 Å². The van der Waals surface area contributed by atoms with Crippen molar-refractivity contribution in [3.05, 3.63) is 0 Å². The lowest BCUT2D eigenvalue weighted by atomic mass is 10.1. The third-order valence-corrected chi connectivity index (χ3v) is 3.23. The zero-order chi connectivity index (χ0) is 13.3. The van der Waals surface area contributed by atoms with Gasteiger partial charge in [-0.05, 0) is 6.42 Å². The van der Waals surface area contributed by atoms with E-state index < -0.39 is 0 Å². The van der Waals surface area contributed by atoms with Gasteiger partial charge < -0.3 is 0 Å². The molecule has 0 aromatic carbocycles. The summed E-state index contributed by atoms with van der Waals surface area (Å²) in [6, 6.07) is 0. The van der Waals surface area contributed by atoms with Gasteiger partial charge in [-0.15, -0.1) is 0 Å². The van der Waals surface area contributed by atoms with Crippen LogP contribution in [0.4, 0.5) is 0 Å². The average Bonchev–Trinajstić information content (AvgIpc) is 2.39. The number of hydroxylamine groups is 1. The van der Waals surface area contributed by atoms with Gasteiger partial charge in [0.2, 0.25) is 6.41 Å². The Kier molecular flexibility index (Phi) is 15.9. The molecular formula is C15H31NO2. The van der Waals surface area contributed by atoms with Gasteiger partial charge in [0, 0.05) is 0 Å². The van der Waals surface area contributed by atoms with E-state index in [-0.39, 0.29) is 0 Å². The molecule has 0 saturated carbocycles. The van der Waals surface area contributed by atoms with E-state index >= 15 is 0 Å². The Hall–Kier alpha value is -0.570. The van der Waals surface area contributed by atoms with E-state index in [9.17, 15) is 4.79 Å². The Morgan fingerprint density at radius 2 is 1.22 bits per heavy atom. The Morgan fingerprint density at radius 3 is 1.67 bits per heavy atom. The number of amides is 1. The second kappa shape index (κ2) is 16.4. The molecular weight excluding hydrogens is 226 g/mol. The summed E-state index contributed by atoms with van der Waals surface area (Å²) in [4.78, 5) is 14.7. The molecule has 0 saturated heterocycles. The molecule has 0 aliphatic heterocycles. The van der Waals surface area contributed by atoms with Crippen LogP contribution in [0, 0.1) is 0 Å². The van der Waals surface area contributed by atoms with Crippen molar-refractivity contribution in [1.82, 2.24) is 5.48 Å². The molecule has 18 heavy (non-hydrogen) atoms. The van der Waals surface area contributed by atoms with Crippen LogP contribution >= 0.6 is 0 Å². The minimum Gasteiger partial charge on any atom is -0.277 e. The van der Waals surface area contributed by atoms with Crippen LogP contribution in [0.15, 0.2) is 0 Å². The summed E-state index contributed by atoms with van der Waals surface area (Å²) >= 11 is 0. The molecule has 0 fully saturated rings. The van der Waals surface area contributed by atoms with E-state index in [1.54, 1.807) is 0 Å². The van der Waals surface area contributed by atoms with Gasteiger partial charge in [0.15, 0.2) is 0 Å². The fraction of sp³-hybridized carbons (Fsp3) is 0.933.